The first-order valence-corrected chi connectivity index (χ1v) is 9.23. The van der Waals surface area contributed by atoms with Gasteiger partial charge >= 0.3 is 6.03 Å². The molecule has 0 aliphatic carbocycles. The number of anilines is 2. The van der Waals surface area contributed by atoms with Gasteiger partial charge in [0, 0.05) is 30.4 Å². The Morgan fingerprint density at radius 3 is 2.85 bits per heavy atom. The Labute approximate surface area is 153 Å². The number of urea groups is 1. The summed E-state index contributed by atoms with van der Waals surface area (Å²) in [6.07, 6.45) is 4.19. The molecule has 1 unspecified atom stereocenters. The van der Waals surface area contributed by atoms with Gasteiger partial charge in [-0.2, -0.15) is 0 Å². The fourth-order valence-corrected chi connectivity index (χ4v) is 3.86. The van der Waals surface area contributed by atoms with Crippen molar-refractivity contribution in [2.45, 2.75) is 38.1 Å². The summed E-state index contributed by atoms with van der Waals surface area (Å²) in [5.74, 6) is 0.0510. The van der Waals surface area contributed by atoms with E-state index in [1.807, 2.05) is 41.3 Å². The van der Waals surface area contributed by atoms with E-state index in [4.69, 9.17) is 0 Å². The number of carbonyl (C=O) groups excluding carboxylic acids is 2. The minimum atomic E-state index is -0.0387. The third kappa shape index (κ3) is 3.57. The normalized spacial score (nSPS) is 19.0. The van der Waals surface area contributed by atoms with E-state index in [9.17, 15) is 9.59 Å². The van der Waals surface area contributed by atoms with Crippen molar-refractivity contribution in [3.8, 4) is 0 Å². The lowest BCUT2D eigenvalue weighted by molar-refractivity contribution is -0.116. The van der Waals surface area contributed by atoms with E-state index in [2.05, 4.69) is 22.8 Å². The van der Waals surface area contributed by atoms with E-state index in [-0.39, 0.29) is 18.0 Å². The highest BCUT2D eigenvalue weighted by Gasteiger charge is 2.29. The van der Waals surface area contributed by atoms with Crippen LogP contribution < -0.4 is 10.6 Å². The molecule has 0 radical (unpaired) electrons. The van der Waals surface area contributed by atoms with Crippen LogP contribution in [0.5, 0.6) is 0 Å². The van der Waals surface area contributed by atoms with Crippen molar-refractivity contribution < 1.29 is 9.59 Å². The van der Waals surface area contributed by atoms with Crippen LogP contribution in [0.4, 0.5) is 16.2 Å². The largest absolute Gasteiger partial charge is 0.326 e. The minimum Gasteiger partial charge on any atom is -0.326 e. The molecule has 5 nitrogen and oxygen atoms in total. The molecule has 1 saturated heterocycles. The first kappa shape index (κ1) is 16.6. The Morgan fingerprint density at radius 1 is 1.15 bits per heavy atom. The Hall–Kier alpha value is -2.82. The molecule has 2 N–H and O–H groups in total. The van der Waals surface area contributed by atoms with E-state index in [0.29, 0.717) is 12.8 Å². The molecule has 3 amide bonds. The van der Waals surface area contributed by atoms with Gasteiger partial charge in [-0.05, 0) is 55.0 Å². The molecule has 26 heavy (non-hydrogen) atoms. The van der Waals surface area contributed by atoms with E-state index < -0.39 is 0 Å². The van der Waals surface area contributed by atoms with Crippen molar-refractivity contribution in [1.82, 2.24) is 4.90 Å². The van der Waals surface area contributed by atoms with Gasteiger partial charge in [0.15, 0.2) is 0 Å². The molecule has 134 valence electrons. The first-order chi connectivity index (χ1) is 12.7. The summed E-state index contributed by atoms with van der Waals surface area (Å²) in [7, 11) is 0. The maximum atomic E-state index is 12.8. The van der Waals surface area contributed by atoms with Gasteiger partial charge in [-0.25, -0.2) is 4.79 Å². The van der Waals surface area contributed by atoms with Gasteiger partial charge in [-0.3, -0.25) is 4.79 Å². The van der Waals surface area contributed by atoms with Crippen LogP contribution in [-0.2, 0) is 17.6 Å². The summed E-state index contributed by atoms with van der Waals surface area (Å²) in [5, 5.41) is 5.90. The minimum absolute atomic E-state index is 0.0387. The predicted molar refractivity (Wildman–Crippen MR) is 102 cm³/mol. The number of nitrogens with zero attached hydrogens (tertiary/aromatic N) is 1. The molecular weight excluding hydrogens is 326 g/mol. The number of carbonyl (C=O) groups is 2. The fraction of sp³-hybridized carbons (Fsp3) is 0.333. The predicted octanol–water partition coefficient (Wildman–Crippen LogP) is 3.81. The molecule has 0 spiro atoms. The highest BCUT2D eigenvalue weighted by molar-refractivity contribution is 5.95. The second kappa shape index (κ2) is 7.20. The molecule has 2 aromatic carbocycles. The van der Waals surface area contributed by atoms with Crippen molar-refractivity contribution in [2.24, 2.45) is 0 Å². The molecule has 4 rings (SSSR count). The molecule has 1 fully saturated rings. The topological polar surface area (TPSA) is 61.4 Å². The SMILES string of the molecule is O=C1CCc2cc(NC(=O)N3CCCC3Cc3ccccc3)ccc2N1. The van der Waals surface area contributed by atoms with Gasteiger partial charge in [0.1, 0.15) is 0 Å². The molecule has 0 aromatic heterocycles. The zero-order valence-electron chi connectivity index (χ0n) is 14.7. The standard InChI is InChI=1S/C21H23N3O2/c25-20-11-8-16-14-17(9-10-19(16)23-20)22-21(26)24-12-4-7-18(24)13-15-5-2-1-3-6-15/h1-3,5-6,9-10,14,18H,4,7-8,11-13H2,(H,22,26)(H,23,25). The van der Waals surface area contributed by atoms with E-state index in [1.54, 1.807) is 0 Å². The monoisotopic (exact) mass is 349 g/mol. The number of aryl methyl sites for hydroxylation is 1. The van der Waals surface area contributed by atoms with Gasteiger partial charge in [0.25, 0.3) is 0 Å². The van der Waals surface area contributed by atoms with E-state index >= 15 is 0 Å². The molecule has 2 aliphatic heterocycles. The number of rotatable bonds is 3. The van der Waals surface area contributed by atoms with Crippen LogP contribution in [0.25, 0.3) is 0 Å². The Morgan fingerprint density at radius 2 is 2.00 bits per heavy atom. The van der Waals surface area contributed by atoms with Gasteiger partial charge in [-0.15, -0.1) is 0 Å². The first-order valence-electron chi connectivity index (χ1n) is 9.23. The number of likely N-dealkylation sites (tertiary alicyclic amines) is 1. The Balaban J connectivity index is 1.43. The van der Waals surface area contributed by atoms with Gasteiger partial charge in [-0.1, -0.05) is 30.3 Å². The summed E-state index contributed by atoms with van der Waals surface area (Å²) in [6, 6.07) is 16.2. The number of nitrogens with one attached hydrogen (secondary N) is 2. The Kier molecular flexibility index (Phi) is 4.61. The molecule has 2 heterocycles. The highest BCUT2D eigenvalue weighted by atomic mass is 16.2. The van der Waals surface area contributed by atoms with E-state index in [0.717, 1.165) is 42.7 Å². The number of benzene rings is 2. The molecule has 2 aromatic rings. The van der Waals surface area contributed by atoms with Crippen LogP contribution in [0.15, 0.2) is 48.5 Å². The van der Waals surface area contributed by atoms with Gasteiger partial charge < -0.3 is 15.5 Å². The number of hydrogen-bond donors (Lipinski definition) is 2. The lowest BCUT2D eigenvalue weighted by Gasteiger charge is -2.25. The third-order valence-corrected chi connectivity index (χ3v) is 5.20. The fourth-order valence-electron chi connectivity index (χ4n) is 3.86. The lowest BCUT2D eigenvalue weighted by atomic mass is 10.0. The van der Waals surface area contributed by atoms with Crippen LogP contribution >= 0.6 is 0 Å². The van der Waals surface area contributed by atoms with Crippen LogP contribution in [0.3, 0.4) is 0 Å². The Bertz CT molecular complexity index is 819. The quantitative estimate of drug-likeness (QED) is 0.885. The van der Waals surface area contributed by atoms with Crippen molar-refractivity contribution in [3.63, 3.8) is 0 Å². The van der Waals surface area contributed by atoms with Crippen LogP contribution in [0, 0.1) is 0 Å². The average molecular weight is 349 g/mol. The van der Waals surface area contributed by atoms with Crippen LogP contribution in [-0.4, -0.2) is 29.4 Å². The van der Waals surface area contributed by atoms with Crippen molar-refractivity contribution in [1.29, 1.82) is 0 Å². The number of amides is 3. The second-order valence-corrected chi connectivity index (χ2v) is 7.03. The van der Waals surface area contributed by atoms with Crippen LogP contribution in [0.1, 0.15) is 30.4 Å². The third-order valence-electron chi connectivity index (χ3n) is 5.20. The van der Waals surface area contributed by atoms with E-state index in [1.165, 1.54) is 5.56 Å². The summed E-state index contributed by atoms with van der Waals surface area (Å²) in [4.78, 5) is 26.2. The number of hydrogen-bond acceptors (Lipinski definition) is 2. The molecule has 5 heteroatoms. The second-order valence-electron chi connectivity index (χ2n) is 7.03. The zero-order chi connectivity index (χ0) is 17.9. The van der Waals surface area contributed by atoms with Gasteiger partial charge in [0.05, 0.1) is 0 Å². The van der Waals surface area contributed by atoms with Crippen molar-refractivity contribution in [2.75, 3.05) is 17.2 Å². The average Bonchev–Trinajstić information content (AvgIpc) is 3.11. The summed E-state index contributed by atoms with van der Waals surface area (Å²) >= 11 is 0. The maximum absolute atomic E-state index is 12.8. The molecular formula is C21H23N3O2. The van der Waals surface area contributed by atoms with Crippen molar-refractivity contribution in [3.05, 3.63) is 59.7 Å². The molecule has 1 atom stereocenters. The zero-order valence-corrected chi connectivity index (χ0v) is 14.7. The summed E-state index contributed by atoms with van der Waals surface area (Å²) in [5.41, 5.74) is 3.98. The molecule has 0 bridgehead atoms. The highest BCUT2D eigenvalue weighted by Crippen LogP contribution is 2.27. The summed E-state index contributed by atoms with van der Waals surface area (Å²) < 4.78 is 0. The molecule has 2 aliphatic rings. The maximum Gasteiger partial charge on any atom is 0.322 e. The molecule has 0 saturated carbocycles. The smallest absolute Gasteiger partial charge is 0.322 e. The lowest BCUT2D eigenvalue weighted by Crippen LogP contribution is -2.39. The van der Waals surface area contributed by atoms with Crippen LogP contribution in [0.2, 0.25) is 0 Å². The van der Waals surface area contributed by atoms with Crippen molar-refractivity contribution >= 4 is 23.3 Å². The summed E-state index contributed by atoms with van der Waals surface area (Å²) in [6.45, 7) is 0.796. The number of fused-ring (bicyclic) bond motifs is 1. The van der Waals surface area contributed by atoms with Gasteiger partial charge in [0.2, 0.25) is 5.91 Å².